The van der Waals surface area contributed by atoms with Crippen LogP contribution in [0.25, 0.3) is 0 Å². The molecule has 2 fully saturated rings. The maximum atomic E-state index is 12.8. The van der Waals surface area contributed by atoms with Crippen LogP contribution in [0, 0.1) is 0 Å². The Hall–Kier alpha value is -1.60. The number of rotatable bonds is 3. The van der Waals surface area contributed by atoms with E-state index < -0.39 is 0 Å². The van der Waals surface area contributed by atoms with Gasteiger partial charge in [-0.3, -0.25) is 14.5 Å². The van der Waals surface area contributed by atoms with Gasteiger partial charge in [-0.1, -0.05) is 15.9 Å². The highest BCUT2D eigenvalue weighted by atomic mass is 79.9. The van der Waals surface area contributed by atoms with Crippen LogP contribution in [0.1, 0.15) is 25.7 Å². The van der Waals surface area contributed by atoms with Crippen LogP contribution >= 0.6 is 15.9 Å². The molecule has 2 saturated heterocycles. The standard InChI is InChI=1S/C19H24BrN3O3/c20-14-3-4-16-17(11-14)26-13-19(25)23(16)12-18(24)22-9-5-15(6-10-22)21-7-1-2-8-21/h3-4,11,15H,1-2,5-10,12-13H2. The Labute approximate surface area is 162 Å². The Morgan fingerprint density at radius 1 is 1.15 bits per heavy atom. The van der Waals surface area contributed by atoms with E-state index in [1.165, 1.54) is 25.9 Å². The normalized spacial score (nSPS) is 21.7. The number of carbonyl (C=O) groups is 2. The van der Waals surface area contributed by atoms with Gasteiger partial charge in [-0.2, -0.15) is 0 Å². The smallest absolute Gasteiger partial charge is 0.265 e. The number of nitrogens with zero attached hydrogens (tertiary/aromatic N) is 3. The SMILES string of the molecule is O=C(CN1C(=O)COc2cc(Br)ccc21)N1CCC(N2CCCC2)CC1. The summed E-state index contributed by atoms with van der Waals surface area (Å²) in [7, 11) is 0. The van der Waals surface area contributed by atoms with Crippen LogP contribution in [0.5, 0.6) is 5.75 Å². The van der Waals surface area contributed by atoms with Gasteiger partial charge in [-0.25, -0.2) is 0 Å². The molecule has 140 valence electrons. The summed E-state index contributed by atoms with van der Waals surface area (Å²) >= 11 is 3.41. The Balaban J connectivity index is 1.38. The average Bonchev–Trinajstić information content (AvgIpc) is 3.19. The molecular formula is C19H24BrN3O3. The van der Waals surface area contributed by atoms with Crippen molar-refractivity contribution >= 4 is 33.4 Å². The van der Waals surface area contributed by atoms with Crippen molar-refractivity contribution in [3.63, 3.8) is 0 Å². The van der Waals surface area contributed by atoms with Crippen molar-refractivity contribution in [2.24, 2.45) is 0 Å². The molecule has 0 N–H and O–H groups in total. The van der Waals surface area contributed by atoms with Crippen LogP contribution < -0.4 is 9.64 Å². The topological polar surface area (TPSA) is 53.1 Å². The summed E-state index contributed by atoms with van der Waals surface area (Å²) in [4.78, 5) is 31.1. The summed E-state index contributed by atoms with van der Waals surface area (Å²) in [6.45, 7) is 4.04. The van der Waals surface area contributed by atoms with E-state index in [1.807, 2.05) is 23.1 Å². The molecule has 1 aromatic rings. The molecule has 3 aliphatic heterocycles. The molecule has 7 heteroatoms. The van der Waals surface area contributed by atoms with Crippen molar-refractivity contribution in [2.45, 2.75) is 31.7 Å². The first-order chi connectivity index (χ1) is 12.6. The molecule has 0 spiro atoms. The van der Waals surface area contributed by atoms with Gasteiger partial charge in [-0.15, -0.1) is 0 Å². The van der Waals surface area contributed by atoms with Gasteiger partial charge in [-0.05, 0) is 57.0 Å². The first-order valence-electron chi connectivity index (χ1n) is 9.36. The van der Waals surface area contributed by atoms with E-state index in [0.717, 1.165) is 30.4 Å². The number of amides is 2. The molecule has 0 radical (unpaired) electrons. The minimum atomic E-state index is -0.167. The summed E-state index contributed by atoms with van der Waals surface area (Å²) in [5.74, 6) is 0.494. The molecule has 0 unspecified atom stereocenters. The van der Waals surface area contributed by atoms with Gasteiger partial charge < -0.3 is 14.5 Å². The number of hydrogen-bond acceptors (Lipinski definition) is 4. The Bertz CT molecular complexity index is 697. The fraction of sp³-hybridized carbons (Fsp3) is 0.579. The third-order valence-corrected chi connectivity index (χ3v) is 6.13. The van der Waals surface area contributed by atoms with Gasteiger partial charge >= 0.3 is 0 Å². The van der Waals surface area contributed by atoms with Crippen LogP contribution in [0.4, 0.5) is 5.69 Å². The van der Waals surface area contributed by atoms with Gasteiger partial charge in [0.25, 0.3) is 5.91 Å². The average molecular weight is 422 g/mol. The number of ether oxygens (including phenoxy) is 1. The fourth-order valence-electron chi connectivity index (χ4n) is 4.17. The predicted octanol–water partition coefficient (Wildman–Crippen LogP) is 2.26. The first-order valence-corrected chi connectivity index (χ1v) is 10.2. The van der Waals surface area contributed by atoms with Gasteiger partial charge in [0.05, 0.1) is 5.69 Å². The van der Waals surface area contributed by atoms with E-state index in [4.69, 9.17) is 4.74 Å². The lowest BCUT2D eigenvalue weighted by atomic mass is 10.0. The minimum Gasteiger partial charge on any atom is -0.482 e. The fourth-order valence-corrected chi connectivity index (χ4v) is 4.51. The second-order valence-corrected chi connectivity index (χ2v) is 8.15. The maximum absolute atomic E-state index is 12.8. The number of piperidine rings is 1. The second-order valence-electron chi connectivity index (χ2n) is 7.24. The maximum Gasteiger partial charge on any atom is 0.265 e. The zero-order valence-electron chi connectivity index (χ0n) is 14.8. The van der Waals surface area contributed by atoms with Crippen molar-refractivity contribution in [1.29, 1.82) is 0 Å². The number of carbonyl (C=O) groups excluding carboxylic acids is 2. The number of halogens is 1. The molecule has 26 heavy (non-hydrogen) atoms. The summed E-state index contributed by atoms with van der Waals surface area (Å²) < 4.78 is 6.38. The van der Waals surface area contributed by atoms with Crippen LogP contribution in [0.2, 0.25) is 0 Å². The highest BCUT2D eigenvalue weighted by Gasteiger charge is 2.32. The molecule has 3 aliphatic rings. The van der Waals surface area contributed by atoms with Gasteiger partial charge in [0.1, 0.15) is 12.3 Å². The van der Waals surface area contributed by atoms with E-state index in [1.54, 1.807) is 4.90 Å². The van der Waals surface area contributed by atoms with Crippen molar-refractivity contribution in [3.8, 4) is 5.75 Å². The van der Waals surface area contributed by atoms with Crippen LogP contribution in [-0.4, -0.2) is 67.0 Å². The summed E-state index contributed by atoms with van der Waals surface area (Å²) in [6.07, 6.45) is 4.67. The lowest BCUT2D eigenvalue weighted by molar-refractivity contribution is -0.133. The number of likely N-dealkylation sites (tertiary alicyclic amines) is 2. The van der Waals surface area contributed by atoms with Crippen molar-refractivity contribution < 1.29 is 14.3 Å². The minimum absolute atomic E-state index is 0.0201. The molecule has 4 rings (SSSR count). The zero-order valence-corrected chi connectivity index (χ0v) is 16.4. The van der Waals surface area contributed by atoms with E-state index >= 15 is 0 Å². The lowest BCUT2D eigenvalue weighted by Crippen LogP contribution is -2.50. The second kappa shape index (κ2) is 7.56. The van der Waals surface area contributed by atoms with Crippen molar-refractivity contribution in [2.75, 3.05) is 44.2 Å². The molecular weight excluding hydrogens is 398 g/mol. The summed E-state index contributed by atoms with van der Waals surface area (Å²) in [5, 5.41) is 0. The van der Waals surface area contributed by atoms with E-state index in [9.17, 15) is 9.59 Å². The van der Waals surface area contributed by atoms with Crippen LogP contribution in [0.3, 0.4) is 0 Å². The molecule has 2 amide bonds. The number of anilines is 1. The summed E-state index contributed by atoms with van der Waals surface area (Å²) in [6, 6.07) is 6.13. The van der Waals surface area contributed by atoms with Gasteiger partial charge in [0.2, 0.25) is 5.91 Å². The Kier molecular flexibility index (Phi) is 5.18. The van der Waals surface area contributed by atoms with Crippen LogP contribution in [-0.2, 0) is 9.59 Å². The van der Waals surface area contributed by atoms with Crippen molar-refractivity contribution in [3.05, 3.63) is 22.7 Å². The quantitative estimate of drug-likeness (QED) is 0.750. The molecule has 0 bridgehead atoms. The van der Waals surface area contributed by atoms with Gasteiger partial charge in [0, 0.05) is 23.6 Å². The van der Waals surface area contributed by atoms with Crippen molar-refractivity contribution in [1.82, 2.24) is 9.80 Å². The number of benzene rings is 1. The number of hydrogen-bond donors (Lipinski definition) is 0. The molecule has 0 saturated carbocycles. The molecule has 0 atom stereocenters. The third-order valence-electron chi connectivity index (χ3n) is 5.63. The number of fused-ring (bicyclic) bond motifs is 1. The predicted molar refractivity (Wildman–Crippen MR) is 102 cm³/mol. The zero-order chi connectivity index (χ0) is 18.1. The lowest BCUT2D eigenvalue weighted by Gasteiger charge is -2.38. The molecule has 0 aliphatic carbocycles. The van der Waals surface area contributed by atoms with Crippen LogP contribution in [0.15, 0.2) is 22.7 Å². The highest BCUT2D eigenvalue weighted by molar-refractivity contribution is 9.10. The molecule has 0 aromatic heterocycles. The van der Waals surface area contributed by atoms with E-state index in [2.05, 4.69) is 20.8 Å². The molecule has 6 nitrogen and oxygen atoms in total. The highest BCUT2D eigenvalue weighted by Crippen LogP contribution is 2.34. The van der Waals surface area contributed by atoms with E-state index in [0.29, 0.717) is 17.5 Å². The Morgan fingerprint density at radius 2 is 1.88 bits per heavy atom. The molecule has 1 aromatic carbocycles. The van der Waals surface area contributed by atoms with Gasteiger partial charge in [0.15, 0.2) is 6.61 Å². The first kappa shape index (κ1) is 17.8. The summed E-state index contributed by atoms with van der Waals surface area (Å²) in [5.41, 5.74) is 0.671. The molecule has 3 heterocycles. The third kappa shape index (κ3) is 3.60. The monoisotopic (exact) mass is 421 g/mol. The Morgan fingerprint density at radius 3 is 2.62 bits per heavy atom. The largest absolute Gasteiger partial charge is 0.482 e. The van der Waals surface area contributed by atoms with E-state index in [-0.39, 0.29) is 25.0 Å².